The summed E-state index contributed by atoms with van der Waals surface area (Å²) in [6.07, 6.45) is 3.46. The standard InChI is InChI=1S/C14H25N3O3/c1-3-4-5-11(8-13(15)19)14(20)17-7-6-12(9-17)16-10(2)18/h11-12H,3-9H2,1-2H3,(H2,15,19)(H,16,18). The molecule has 114 valence electrons. The highest BCUT2D eigenvalue weighted by Gasteiger charge is 2.31. The lowest BCUT2D eigenvalue weighted by atomic mass is 9.96. The van der Waals surface area contributed by atoms with E-state index in [4.69, 9.17) is 5.73 Å². The van der Waals surface area contributed by atoms with E-state index in [1.54, 1.807) is 4.90 Å². The number of primary amides is 1. The van der Waals surface area contributed by atoms with Gasteiger partial charge in [-0.1, -0.05) is 19.8 Å². The number of carbonyl (C=O) groups is 3. The van der Waals surface area contributed by atoms with Crippen LogP contribution in [0.4, 0.5) is 0 Å². The van der Waals surface area contributed by atoms with Gasteiger partial charge in [0.25, 0.3) is 0 Å². The Hall–Kier alpha value is -1.59. The van der Waals surface area contributed by atoms with Gasteiger partial charge in [0.15, 0.2) is 0 Å². The minimum Gasteiger partial charge on any atom is -0.370 e. The summed E-state index contributed by atoms with van der Waals surface area (Å²) in [6, 6.07) is 0.0249. The number of amides is 3. The van der Waals surface area contributed by atoms with Gasteiger partial charge in [-0.3, -0.25) is 14.4 Å². The Morgan fingerprint density at radius 3 is 2.65 bits per heavy atom. The van der Waals surface area contributed by atoms with Crippen molar-refractivity contribution < 1.29 is 14.4 Å². The molecule has 0 aromatic heterocycles. The second-order valence-corrected chi connectivity index (χ2v) is 5.48. The van der Waals surface area contributed by atoms with Crippen LogP contribution >= 0.6 is 0 Å². The van der Waals surface area contributed by atoms with E-state index in [9.17, 15) is 14.4 Å². The van der Waals surface area contributed by atoms with Crippen LogP contribution in [0.3, 0.4) is 0 Å². The number of hydrogen-bond donors (Lipinski definition) is 2. The summed E-state index contributed by atoms with van der Waals surface area (Å²) >= 11 is 0. The van der Waals surface area contributed by atoms with Crippen LogP contribution in [0.15, 0.2) is 0 Å². The van der Waals surface area contributed by atoms with Crippen molar-refractivity contribution >= 4 is 17.7 Å². The molecule has 1 saturated heterocycles. The summed E-state index contributed by atoms with van der Waals surface area (Å²) in [7, 11) is 0. The van der Waals surface area contributed by atoms with E-state index in [1.165, 1.54) is 6.92 Å². The first-order chi connectivity index (χ1) is 9.43. The Bertz CT molecular complexity index is 371. The molecule has 0 saturated carbocycles. The van der Waals surface area contributed by atoms with Crippen molar-refractivity contribution in [1.82, 2.24) is 10.2 Å². The van der Waals surface area contributed by atoms with E-state index in [1.807, 2.05) is 0 Å². The Balaban J connectivity index is 2.56. The topological polar surface area (TPSA) is 92.5 Å². The molecule has 0 aromatic carbocycles. The van der Waals surface area contributed by atoms with Crippen LogP contribution in [0.1, 0.15) is 46.0 Å². The number of carbonyl (C=O) groups excluding carboxylic acids is 3. The van der Waals surface area contributed by atoms with E-state index in [-0.39, 0.29) is 30.2 Å². The van der Waals surface area contributed by atoms with Crippen LogP contribution in [0.25, 0.3) is 0 Å². The zero-order valence-corrected chi connectivity index (χ0v) is 12.4. The third kappa shape index (κ3) is 5.19. The normalized spacial score (nSPS) is 19.7. The zero-order chi connectivity index (χ0) is 15.1. The van der Waals surface area contributed by atoms with Gasteiger partial charge in [-0.25, -0.2) is 0 Å². The average molecular weight is 283 g/mol. The van der Waals surface area contributed by atoms with Crippen LogP contribution in [0.2, 0.25) is 0 Å². The van der Waals surface area contributed by atoms with Gasteiger partial charge in [-0.15, -0.1) is 0 Å². The quantitative estimate of drug-likeness (QED) is 0.708. The Morgan fingerprint density at radius 2 is 2.10 bits per heavy atom. The number of nitrogens with zero attached hydrogens (tertiary/aromatic N) is 1. The van der Waals surface area contributed by atoms with Crippen LogP contribution in [0.5, 0.6) is 0 Å². The van der Waals surface area contributed by atoms with Crippen molar-refractivity contribution in [3.63, 3.8) is 0 Å². The number of nitrogens with two attached hydrogens (primary N) is 1. The van der Waals surface area contributed by atoms with Crippen LogP contribution in [0, 0.1) is 5.92 Å². The number of nitrogens with one attached hydrogen (secondary N) is 1. The van der Waals surface area contributed by atoms with Crippen LogP contribution in [-0.2, 0) is 14.4 Å². The fourth-order valence-corrected chi connectivity index (χ4v) is 2.63. The van der Waals surface area contributed by atoms with Crippen molar-refractivity contribution in [1.29, 1.82) is 0 Å². The molecule has 20 heavy (non-hydrogen) atoms. The Labute approximate surface area is 120 Å². The molecule has 3 N–H and O–H groups in total. The molecule has 3 amide bonds. The summed E-state index contributed by atoms with van der Waals surface area (Å²) in [4.78, 5) is 36.3. The van der Waals surface area contributed by atoms with E-state index >= 15 is 0 Å². The number of hydrogen-bond acceptors (Lipinski definition) is 3. The lowest BCUT2D eigenvalue weighted by molar-refractivity contribution is -0.137. The predicted octanol–water partition coefficient (Wildman–Crippen LogP) is 0.405. The van der Waals surface area contributed by atoms with E-state index in [0.717, 1.165) is 19.3 Å². The van der Waals surface area contributed by atoms with Gasteiger partial charge < -0.3 is 16.0 Å². The minimum atomic E-state index is -0.433. The molecule has 0 bridgehead atoms. The molecule has 1 aliphatic rings. The SMILES string of the molecule is CCCCC(CC(N)=O)C(=O)N1CCC(NC(C)=O)C1. The lowest BCUT2D eigenvalue weighted by Crippen LogP contribution is -2.40. The van der Waals surface area contributed by atoms with Crippen molar-refractivity contribution in [2.45, 2.75) is 52.0 Å². The molecule has 2 unspecified atom stereocenters. The monoisotopic (exact) mass is 283 g/mol. The highest BCUT2D eigenvalue weighted by molar-refractivity contribution is 5.85. The molecular formula is C14H25N3O3. The molecule has 1 aliphatic heterocycles. The number of likely N-dealkylation sites (tertiary alicyclic amines) is 1. The summed E-state index contributed by atoms with van der Waals surface area (Å²) in [6.45, 7) is 4.68. The smallest absolute Gasteiger partial charge is 0.226 e. The molecule has 0 aromatic rings. The molecular weight excluding hydrogens is 258 g/mol. The average Bonchev–Trinajstić information content (AvgIpc) is 2.80. The maximum Gasteiger partial charge on any atom is 0.226 e. The number of rotatable bonds is 7. The van der Waals surface area contributed by atoms with Crippen molar-refractivity contribution in [3.05, 3.63) is 0 Å². The molecule has 6 nitrogen and oxygen atoms in total. The van der Waals surface area contributed by atoms with Gasteiger partial charge in [0.1, 0.15) is 0 Å². The maximum absolute atomic E-state index is 12.4. The highest BCUT2D eigenvalue weighted by Crippen LogP contribution is 2.19. The fourth-order valence-electron chi connectivity index (χ4n) is 2.63. The second-order valence-electron chi connectivity index (χ2n) is 5.48. The van der Waals surface area contributed by atoms with Gasteiger partial charge >= 0.3 is 0 Å². The third-order valence-electron chi connectivity index (χ3n) is 3.61. The highest BCUT2D eigenvalue weighted by atomic mass is 16.2. The van der Waals surface area contributed by atoms with Gasteiger partial charge in [0.2, 0.25) is 17.7 Å². The molecule has 1 fully saturated rings. The Morgan fingerprint density at radius 1 is 1.40 bits per heavy atom. The fraction of sp³-hybridized carbons (Fsp3) is 0.786. The number of unbranched alkanes of at least 4 members (excludes halogenated alkanes) is 1. The second kappa shape index (κ2) is 7.87. The van der Waals surface area contributed by atoms with Crippen molar-refractivity contribution in [2.24, 2.45) is 11.7 Å². The van der Waals surface area contributed by atoms with E-state index < -0.39 is 5.91 Å². The van der Waals surface area contributed by atoms with E-state index in [2.05, 4.69) is 12.2 Å². The summed E-state index contributed by atoms with van der Waals surface area (Å²) in [5.41, 5.74) is 5.23. The Kier molecular flexibility index (Phi) is 6.48. The molecule has 2 atom stereocenters. The molecule has 0 radical (unpaired) electrons. The van der Waals surface area contributed by atoms with Crippen molar-refractivity contribution in [3.8, 4) is 0 Å². The maximum atomic E-state index is 12.4. The van der Waals surface area contributed by atoms with Gasteiger partial charge in [0, 0.05) is 38.4 Å². The third-order valence-corrected chi connectivity index (χ3v) is 3.61. The largest absolute Gasteiger partial charge is 0.370 e. The van der Waals surface area contributed by atoms with E-state index in [0.29, 0.717) is 19.5 Å². The summed E-state index contributed by atoms with van der Waals surface area (Å²) < 4.78 is 0. The lowest BCUT2D eigenvalue weighted by Gasteiger charge is -2.23. The first kappa shape index (κ1) is 16.5. The molecule has 0 spiro atoms. The molecule has 1 rings (SSSR count). The molecule has 6 heteroatoms. The minimum absolute atomic E-state index is 0.00916. The summed E-state index contributed by atoms with van der Waals surface area (Å²) in [5, 5.41) is 2.83. The first-order valence-corrected chi connectivity index (χ1v) is 7.28. The summed E-state index contributed by atoms with van der Waals surface area (Å²) in [5.74, 6) is -0.838. The van der Waals surface area contributed by atoms with Gasteiger partial charge in [0.05, 0.1) is 0 Å². The van der Waals surface area contributed by atoms with Crippen molar-refractivity contribution in [2.75, 3.05) is 13.1 Å². The predicted molar refractivity (Wildman–Crippen MR) is 75.6 cm³/mol. The van der Waals surface area contributed by atoms with Crippen LogP contribution in [-0.4, -0.2) is 41.8 Å². The van der Waals surface area contributed by atoms with Gasteiger partial charge in [-0.2, -0.15) is 0 Å². The molecule has 1 heterocycles. The van der Waals surface area contributed by atoms with Crippen LogP contribution < -0.4 is 11.1 Å². The molecule has 0 aliphatic carbocycles. The zero-order valence-electron chi connectivity index (χ0n) is 12.4. The first-order valence-electron chi connectivity index (χ1n) is 7.28. The van der Waals surface area contributed by atoms with Gasteiger partial charge in [-0.05, 0) is 12.8 Å².